The maximum atomic E-state index is 12.2. The number of nitrogens with one attached hydrogen (secondary N) is 1. The average molecular weight is 226 g/mol. The fourth-order valence-corrected chi connectivity index (χ4v) is 2.65. The van der Waals surface area contributed by atoms with Crippen LogP contribution < -0.4 is 5.32 Å². The molecule has 0 aliphatic carbocycles. The summed E-state index contributed by atoms with van der Waals surface area (Å²) >= 11 is 0. The van der Waals surface area contributed by atoms with E-state index in [9.17, 15) is 4.79 Å². The first-order valence-electron chi connectivity index (χ1n) is 6.27. The summed E-state index contributed by atoms with van der Waals surface area (Å²) in [4.78, 5) is 14.2. The van der Waals surface area contributed by atoms with Gasteiger partial charge >= 0.3 is 0 Å². The van der Waals surface area contributed by atoms with Gasteiger partial charge in [0.25, 0.3) is 0 Å². The molecule has 92 valence electrons. The molecule has 2 heterocycles. The van der Waals surface area contributed by atoms with Crippen molar-refractivity contribution >= 4 is 5.91 Å². The van der Waals surface area contributed by atoms with Gasteiger partial charge in [-0.25, -0.2) is 0 Å². The minimum atomic E-state index is 0.0925. The van der Waals surface area contributed by atoms with Crippen LogP contribution in [-0.2, 0) is 9.53 Å². The standard InChI is InChI=1S/C12H22N2O2/c1-9-7-10(8-16-9)12(15)14(2)11-3-5-13-6-4-11/h9-11,13H,3-8H2,1-2H3. The van der Waals surface area contributed by atoms with Crippen molar-refractivity contribution in [3.05, 3.63) is 0 Å². The third kappa shape index (κ3) is 2.55. The van der Waals surface area contributed by atoms with Gasteiger partial charge < -0.3 is 15.0 Å². The van der Waals surface area contributed by atoms with E-state index in [0.29, 0.717) is 12.6 Å². The molecule has 1 amide bonds. The van der Waals surface area contributed by atoms with Gasteiger partial charge in [0.2, 0.25) is 5.91 Å². The summed E-state index contributed by atoms with van der Waals surface area (Å²) in [5.74, 6) is 0.367. The van der Waals surface area contributed by atoms with Gasteiger partial charge in [0.05, 0.1) is 18.6 Å². The van der Waals surface area contributed by atoms with E-state index >= 15 is 0 Å². The monoisotopic (exact) mass is 226 g/mol. The summed E-state index contributed by atoms with van der Waals surface area (Å²) in [7, 11) is 1.95. The highest BCUT2D eigenvalue weighted by Gasteiger charge is 2.32. The number of carbonyl (C=O) groups excluding carboxylic acids is 1. The van der Waals surface area contributed by atoms with E-state index in [1.165, 1.54) is 0 Å². The van der Waals surface area contributed by atoms with E-state index in [4.69, 9.17) is 4.74 Å². The Morgan fingerprint density at radius 3 is 2.62 bits per heavy atom. The summed E-state index contributed by atoms with van der Waals surface area (Å²) in [6.45, 7) is 4.70. The number of nitrogens with zero attached hydrogens (tertiary/aromatic N) is 1. The molecule has 0 aromatic rings. The van der Waals surface area contributed by atoms with Gasteiger partial charge in [-0.1, -0.05) is 0 Å². The van der Waals surface area contributed by atoms with E-state index in [2.05, 4.69) is 5.32 Å². The van der Waals surface area contributed by atoms with Crippen LogP contribution in [0, 0.1) is 5.92 Å². The second-order valence-corrected chi connectivity index (χ2v) is 5.01. The number of rotatable bonds is 2. The molecule has 0 radical (unpaired) electrons. The van der Waals surface area contributed by atoms with Gasteiger partial charge in [-0.2, -0.15) is 0 Å². The van der Waals surface area contributed by atoms with Crippen LogP contribution in [0.5, 0.6) is 0 Å². The Hall–Kier alpha value is -0.610. The van der Waals surface area contributed by atoms with Crippen LogP contribution in [0.1, 0.15) is 26.2 Å². The molecule has 16 heavy (non-hydrogen) atoms. The first-order chi connectivity index (χ1) is 7.68. The van der Waals surface area contributed by atoms with Crippen LogP contribution in [0.3, 0.4) is 0 Å². The molecule has 0 saturated carbocycles. The first-order valence-corrected chi connectivity index (χ1v) is 6.27. The Balaban J connectivity index is 1.88. The molecule has 2 aliphatic heterocycles. The zero-order chi connectivity index (χ0) is 11.5. The number of hydrogen-bond donors (Lipinski definition) is 1. The second kappa shape index (κ2) is 5.15. The van der Waals surface area contributed by atoms with Gasteiger partial charge in [0, 0.05) is 13.1 Å². The number of ether oxygens (including phenoxy) is 1. The molecule has 4 heteroatoms. The maximum absolute atomic E-state index is 12.2. The molecular weight excluding hydrogens is 204 g/mol. The van der Waals surface area contributed by atoms with Crippen molar-refractivity contribution in [3.63, 3.8) is 0 Å². The highest BCUT2D eigenvalue weighted by molar-refractivity contribution is 5.79. The van der Waals surface area contributed by atoms with Crippen molar-refractivity contribution in [2.75, 3.05) is 26.7 Å². The second-order valence-electron chi connectivity index (χ2n) is 5.01. The third-order valence-corrected chi connectivity index (χ3v) is 3.75. The third-order valence-electron chi connectivity index (χ3n) is 3.75. The number of hydrogen-bond acceptors (Lipinski definition) is 3. The predicted molar refractivity (Wildman–Crippen MR) is 62.2 cm³/mol. The molecule has 4 nitrogen and oxygen atoms in total. The molecule has 2 aliphatic rings. The Morgan fingerprint density at radius 1 is 1.38 bits per heavy atom. The minimum Gasteiger partial charge on any atom is -0.378 e. The summed E-state index contributed by atoms with van der Waals surface area (Å²) in [5.41, 5.74) is 0. The zero-order valence-electron chi connectivity index (χ0n) is 10.2. The number of amides is 1. The lowest BCUT2D eigenvalue weighted by Crippen LogP contribution is -2.46. The summed E-state index contributed by atoms with van der Waals surface area (Å²) < 4.78 is 5.46. The molecule has 2 atom stereocenters. The van der Waals surface area contributed by atoms with E-state index in [1.54, 1.807) is 0 Å². The molecule has 0 aromatic heterocycles. The fourth-order valence-electron chi connectivity index (χ4n) is 2.65. The average Bonchev–Trinajstić information content (AvgIpc) is 2.75. The quantitative estimate of drug-likeness (QED) is 0.750. The van der Waals surface area contributed by atoms with E-state index in [0.717, 1.165) is 32.4 Å². The van der Waals surface area contributed by atoms with Crippen molar-refractivity contribution in [1.29, 1.82) is 0 Å². The molecule has 0 bridgehead atoms. The first kappa shape index (κ1) is 11.9. The van der Waals surface area contributed by atoms with Gasteiger partial charge in [-0.15, -0.1) is 0 Å². The molecule has 0 spiro atoms. The number of carbonyl (C=O) groups is 1. The lowest BCUT2D eigenvalue weighted by molar-refractivity contribution is -0.136. The van der Waals surface area contributed by atoms with Crippen molar-refractivity contribution < 1.29 is 9.53 Å². The van der Waals surface area contributed by atoms with Crippen LogP contribution in [0.15, 0.2) is 0 Å². The van der Waals surface area contributed by atoms with Crippen molar-refractivity contribution in [2.45, 2.75) is 38.3 Å². The summed E-state index contributed by atoms with van der Waals surface area (Å²) in [6.07, 6.45) is 3.28. The molecule has 2 fully saturated rings. The van der Waals surface area contributed by atoms with Crippen LogP contribution in [0.2, 0.25) is 0 Å². The molecular formula is C12H22N2O2. The fraction of sp³-hybridized carbons (Fsp3) is 0.917. The van der Waals surface area contributed by atoms with Crippen molar-refractivity contribution in [1.82, 2.24) is 10.2 Å². The summed E-state index contributed by atoms with van der Waals surface area (Å²) in [6, 6.07) is 0.421. The SMILES string of the molecule is CC1CC(C(=O)N(C)C2CCNCC2)CO1. The Kier molecular flexibility index (Phi) is 3.82. The zero-order valence-corrected chi connectivity index (χ0v) is 10.2. The Labute approximate surface area is 97.3 Å². The molecule has 0 aromatic carbocycles. The maximum Gasteiger partial charge on any atom is 0.228 e. The van der Waals surface area contributed by atoms with Crippen molar-refractivity contribution in [3.8, 4) is 0 Å². The molecule has 2 rings (SSSR count). The highest BCUT2D eigenvalue weighted by atomic mass is 16.5. The van der Waals surface area contributed by atoms with Crippen LogP contribution >= 0.6 is 0 Å². The van der Waals surface area contributed by atoms with Crippen LogP contribution in [0.4, 0.5) is 0 Å². The Morgan fingerprint density at radius 2 is 2.06 bits per heavy atom. The largest absolute Gasteiger partial charge is 0.378 e. The van der Waals surface area contributed by atoms with Crippen molar-refractivity contribution in [2.24, 2.45) is 5.92 Å². The lowest BCUT2D eigenvalue weighted by atomic mass is 10.0. The highest BCUT2D eigenvalue weighted by Crippen LogP contribution is 2.23. The van der Waals surface area contributed by atoms with Gasteiger partial charge in [-0.05, 0) is 39.3 Å². The lowest BCUT2D eigenvalue weighted by Gasteiger charge is -2.33. The minimum absolute atomic E-state index is 0.0925. The van der Waals surface area contributed by atoms with Crippen LogP contribution in [0.25, 0.3) is 0 Å². The van der Waals surface area contributed by atoms with Gasteiger partial charge in [0.1, 0.15) is 0 Å². The van der Waals surface area contributed by atoms with E-state index < -0.39 is 0 Å². The van der Waals surface area contributed by atoms with Crippen LogP contribution in [-0.4, -0.2) is 49.7 Å². The molecule has 2 unspecified atom stereocenters. The van der Waals surface area contributed by atoms with E-state index in [1.807, 2.05) is 18.9 Å². The summed E-state index contributed by atoms with van der Waals surface area (Å²) in [5, 5.41) is 3.32. The van der Waals surface area contributed by atoms with Gasteiger partial charge in [-0.3, -0.25) is 4.79 Å². The molecule has 2 saturated heterocycles. The van der Waals surface area contributed by atoms with Gasteiger partial charge in [0.15, 0.2) is 0 Å². The predicted octanol–water partition coefficient (Wildman–Crippen LogP) is 0.622. The number of piperidine rings is 1. The Bertz CT molecular complexity index is 251. The topological polar surface area (TPSA) is 41.6 Å². The molecule has 1 N–H and O–H groups in total. The smallest absolute Gasteiger partial charge is 0.228 e. The normalized spacial score (nSPS) is 31.6. The van der Waals surface area contributed by atoms with E-state index in [-0.39, 0.29) is 17.9 Å².